The highest BCUT2D eigenvalue weighted by Crippen LogP contribution is 2.35. The molecule has 3 aromatic rings. The number of quaternary nitrogens is 1. The number of piperidine rings is 1. The van der Waals surface area contributed by atoms with Gasteiger partial charge in [-0.2, -0.15) is 4.52 Å². The number of benzene rings is 1. The molecule has 1 unspecified atom stereocenters. The summed E-state index contributed by atoms with van der Waals surface area (Å²) >= 11 is 1.57. The zero-order valence-corrected chi connectivity index (χ0v) is 15.8. The van der Waals surface area contributed by atoms with Crippen molar-refractivity contribution < 1.29 is 10.0 Å². The Kier molecular flexibility index (Phi) is 4.25. The van der Waals surface area contributed by atoms with Crippen molar-refractivity contribution in [3.05, 3.63) is 46.1 Å². The molecule has 0 saturated carbocycles. The molecule has 0 bridgehead atoms. The molecule has 6 heteroatoms. The lowest BCUT2D eigenvalue weighted by molar-refractivity contribution is -0.933. The number of hydrogen-bond acceptors (Lipinski definition) is 4. The van der Waals surface area contributed by atoms with Gasteiger partial charge in [0, 0.05) is 11.5 Å². The minimum Gasteiger partial charge on any atom is -0.492 e. The van der Waals surface area contributed by atoms with Crippen LogP contribution in [0.15, 0.2) is 24.3 Å². The van der Waals surface area contributed by atoms with Gasteiger partial charge in [0.1, 0.15) is 10.7 Å². The van der Waals surface area contributed by atoms with Crippen LogP contribution in [-0.2, 0) is 0 Å². The van der Waals surface area contributed by atoms with Gasteiger partial charge in [0.2, 0.25) is 10.8 Å². The Morgan fingerprint density at radius 1 is 1.28 bits per heavy atom. The van der Waals surface area contributed by atoms with Gasteiger partial charge in [-0.05, 0) is 26.7 Å². The van der Waals surface area contributed by atoms with Crippen molar-refractivity contribution in [3.8, 4) is 5.88 Å². The normalized spacial score (nSPS) is 22.4. The SMILES string of the molecule is Cc1ccc([C@H](c2sc3nc(C)nn3c2O)[NH+]2CCC[C@H](C)C2)cc1. The standard InChI is InChI=1S/C19H24N4OS/c1-12-6-8-15(9-7-12)16(22-10-4-5-13(2)11-22)17-18(24)23-19(25-17)20-14(3)21-23/h6-9,13,16,24H,4-5,10-11H2,1-3H3/p+1/t13-,16+/m0/s1. The Labute approximate surface area is 151 Å². The monoisotopic (exact) mass is 357 g/mol. The molecule has 2 N–H and O–H groups in total. The van der Waals surface area contributed by atoms with Crippen molar-refractivity contribution >= 4 is 16.3 Å². The van der Waals surface area contributed by atoms with E-state index in [0.717, 1.165) is 22.9 Å². The van der Waals surface area contributed by atoms with Crippen LogP contribution < -0.4 is 4.90 Å². The predicted octanol–water partition coefficient (Wildman–Crippen LogP) is 2.52. The van der Waals surface area contributed by atoms with E-state index in [4.69, 9.17) is 0 Å². The van der Waals surface area contributed by atoms with Crippen LogP contribution in [-0.4, -0.2) is 32.8 Å². The van der Waals surface area contributed by atoms with E-state index in [-0.39, 0.29) is 11.9 Å². The van der Waals surface area contributed by atoms with Gasteiger partial charge in [-0.3, -0.25) is 0 Å². The summed E-state index contributed by atoms with van der Waals surface area (Å²) in [6.07, 6.45) is 2.53. The number of nitrogens with zero attached hydrogens (tertiary/aromatic N) is 3. The third-order valence-corrected chi connectivity index (χ3v) is 6.28. The van der Waals surface area contributed by atoms with Crippen molar-refractivity contribution in [1.82, 2.24) is 14.6 Å². The number of nitrogens with one attached hydrogen (secondary N) is 1. The lowest BCUT2D eigenvalue weighted by Gasteiger charge is -2.34. The van der Waals surface area contributed by atoms with Crippen molar-refractivity contribution in [1.29, 1.82) is 0 Å². The molecule has 25 heavy (non-hydrogen) atoms. The first-order valence-electron chi connectivity index (χ1n) is 8.99. The lowest BCUT2D eigenvalue weighted by Crippen LogP contribution is -3.13. The molecule has 1 saturated heterocycles. The first kappa shape index (κ1) is 16.5. The largest absolute Gasteiger partial charge is 0.492 e. The van der Waals surface area contributed by atoms with Crippen LogP contribution in [0.3, 0.4) is 0 Å². The van der Waals surface area contributed by atoms with Crippen LogP contribution in [0.1, 0.15) is 47.6 Å². The summed E-state index contributed by atoms with van der Waals surface area (Å²) in [4.78, 5) is 7.72. The number of hydrogen-bond donors (Lipinski definition) is 2. The zero-order valence-electron chi connectivity index (χ0n) is 15.0. The summed E-state index contributed by atoms with van der Waals surface area (Å²) in [6, 6.07) is 8.86. The second-order valence-corrected chi connectivity index (χ2v) is 8.36. The smallest absolute Gasteiger partial charge is 0.235 e. The Balaban J connectivity index is 1.81. The zero-order chi connectivity index (χ0) is 17.6. The molecular formula is C19H25N4OS+. The molecule has 1 aliphatic heterocycles. The van der Waals surface area contributed by atoms with E-state index in [9.17, 15) is 5.11 Å². The van der Waals surface area contributed by atoms with Gasteiger partial charge in [-0.1, -0.05) is 48.1 Å². The third-order valence-electron chi connectivity index (χ3n) is 5.19. The fraction of sp³-hybridized carbons (Fsp3) is 0.474. The van der Waals surface area contributed by atoms with E-state index in [1.165, 1.54) is 28.9 Å². The number of rotatable bonds is 3. The maximum atomic E-state index is 10.8. The predicted molar refractivity (Wildman–Crippen MR) is 99.4 cm³/mol. The van der Waals surface area contributed by atoms with Crippen LogP contribution in [0.2, 0.25) is 0 Å². The summed E-state index contributed by atoms with van der Waals surface area (Å²) in [5.74, 6) is 1.65. The summed E-state index contributed by atoms with van der Waals surface area (Å²) in [7, 11) is 0. The van der Waals surface area contributed by atoms with Gasteiger partial charge in [0.25, 0.3) is 0 Å². The van der Waals surface area contributed by atoms with Crippen molar-refractivity contribution in [2.24, 2.45) is 5.92 Å². The molecule has 4 rings (SSSR count). The topological polar surface area (TPSA) is 54.9 Å². The van der Waals surface area contributed by atoms with Crippen molar-refractivity contribution in [3.63, 3.8) is 0 Å². The van der Waals surface area contributed by atoms with Crippen LogP contribution in [0.25, 0.3) is 4.96 Å². The van der Waals surface area contributed by atoms with Gasteiger partial charge in [0.05, 0.1) is 13.1 Å². The number of aryl methyl sites for hydroxylation is 2. The molecule has 5 nitrogen and oxygen atoms in total. The van der Waals surface area contributed by atoms with E-state index < -0.39 is 0 Å². The van der Waals surface area contributed by atoms with Crippen molar-refractivity contribution in [2.45, 2.75) is 39.7 Å². The van der Waals surface area contributed by atoms with E-state index in [1.54, 1.807) is 15.9 Å². The summed E-state index contributed by atoms with van der Waals surface area (Å²) < 4.78 is 1.59. The van der Waals surface area contributed by atoms with E-state index in [2.05, 4.69) is 48.2 Å². The van der Waals surface area contributed by atoms with Gasteiger partial charge >= 0.3 is 0 Å². The first-order chi connectivity index (χ1) is 12.0. The Bertz CT molecular complexity index is 883. The van der Waals surface area contributed by atoms with Gasteiger partial charge in [-0.15, -0.1) is 5.10 Å². The number of likely N-dealkylation sites (tertiary alicyclic amines) is 1. The third kappa shape index (κ3) is 3.04. The van der Waals surface area contributed by atoms with Crippen LogP contribution in [0.5, 0.6) is 5.88 Å². The highest BCUT2D eigenvalue weighted by molar-refractivity contribution is 7.17. The second-order valence-electron chi connectivity index (χ2n) is 7.35. The molecule has 0 amide bonds. The molecule has 132 valence electrons. The molecule has 0 spiro atoms. The number of aromatic nitrogens is 3. The van der Waals surface area contributed by atoms with Gasteiger partial charge < -0.3 is 10.0 Å². The number of aromatic hydroxyl groups is 1. The molecule has 0 radical (unpaired) electrons. The quantitative estimate of drug-likeness (QED) is 0.757. The minimum atomic E-state index is 0.136. The average molecular weight is 358 g/mol. The Morgan fingerprint density at radius 2 is 2.04 bits per heavy atom. The molecule has 3 heterocycles. The molecular weight excluding hydrogens is 332 g/mol. The van der Waals surface area contributed by atoms with E-state index in [0.29, 0.717) is 11.7 Å². The lowest BCUT2D eigenvalue weighted by atomic mass is 9.95. The highest BCUT2D eigenvalue weighted by atomic mass is 32.1. The Morgan fingerprint density at radius 3 is 2.72 bits per heavy atom. The average Bonchev–Trinajstić information content (AvgIpc) is 3.08. The Hall–Kier alpha value is -1.92. The van der Waals surface area contributed by atoms with Crippen LogP contribution in [0, 0.1) is 19.8 Å². The van der Waals surface area contributed by atoms with E-state index in [1.807, 2.05) is 6.92 Å². The molecule has 1 aliphatic rings. The molecule has 1 aromatic carbocycles. The minimum absolute atomic E-state index is 0.136. The maximum Gasteiger partial charge on any atom is 0.235 e. The summed E-state index contributed by atoms with van der Waals surface area (Å²) in [5.41, 5.74) is 2.51. The van der Waals surface area contributed by atoms with Gasteiger partial charge in [-0.25, -0.2) is 4.98 Å². The van der Waals surface area contributed by atoms with Crippen LogP contribution in [0.4, 0.5) is 0 Å². The number of thiazole rings is 1. The summed E-state index contributed by atoms with van der Waals surface area (Å²) in [6.45, 7) is 8.56. The van der Waals surface area contributed by atoms with Gasteiger partial charge in [0.15, 0.2) is 6.04 Å². The van der Waals surface area contributed by atoms with E-state index >= 15 is 0 Å². The number of fused-ring (bicyclic) bond motifs is 1. The first-order valence-corrected chi connectivity index (χ1v) is 9.80. The molecule has 0 aliphatic carbocycles. The van der Waals surface area contributed by atoms with Crippen molar-refractivity contribution in [2.75, 3.05) is 13.1 Å². The second kappa shape index (κ2) is 6.42. The molecule has 2 aromatic heterocycles. The van der Waals surface area contributed by atoms with Crippen LogP contribution >= 0.6 is 11.3 Å². The highest BCUT2D eigenvalue weighted by Gasteiger charge is 2.35. The summed E-state index contributed by atoms with van der Waals surface area (Å²) in [5, 5.41) is 15.2. The maximum absolute atomic E-state index is 10.8. The fourth-order valence-corrected chi connectivity index (χ4v) is 5.15. The molecule has 3 atom stereocenters. The fourth-order valence-electron chi connectivity index (χ4n) is 3.96. The molecule has 1 fully saturated rings.